The van der Waals surface area contributed by atoms with E-state index in [0.29, 0.717) is 18.6 Å². The number of nitrogens with one attached hydrogen (secondary N) is 1. The Morgan fingerprint density at radius 2 is 2.13 bits per heavy atom. The van der Waals surface area contributed by atoms with Gasteiger partial charge in [-0.25, -0.2) is 4.98 Å². The van der Waals surface area contributed by atoms with Gasteiger partial charge in [0.05, 0.1) is 5.54 Å². The van der Waals surface area contributed by atoms with Crippen molar-refractivity contribution in [1.82, 2.24) is 10.3 Å². The van der Waals surface area contributed by atoms with Crippen molar-refractivity contribution in [2.45, 2.75) is 38.1 Å². The molecule has 82 valence electrons. The van der Waals surface area contributed by atoms with Crippen LogP contribution >= 0.6 is 11.3 Å². The Balaban J connectivity index is 2.25. The number of thiazole rings is 1. The summed E-state index contributed by atoms with van der Waals surface area (Å²) in [7, 11) is 1.96. The quantitative estimate of drug-likeness (QED) is 0.835. The van der Waals surface area contributed by atoms with E-state index >= 15 is 0 Å². The van der Waals surface area contributed by atoms with Gasteiger partial charge in [0.2, 0.25) is 0 Å². The van der Waals surface area contributed by atoms with Crippen LogP contribution in [0.3, 0.4) is 0 Å². The summed E-state index contributed by atoms with van der Waals surface area (Å²) in [5.41, 5.74) is 1.02. The molecule has 1 fully saturated rings. The Morgan fingerprint density at radius 1 is 1.47 bits per heavy atom. The highest BCUT2D eigenvalue weighted by Crippen LogP contribution is 2.36. The van der Waals surface area contributed by atoms with Gasteiger partial charge in [-0.15, -0.1) is 11.3 Å². The molecule has 0 unspecified atom stereocenters. The van der Waals surface area contributed by atoms with Crippen LogP contribution in [0.4, 0.5) is 0 Å². The summed E-state index contributed by atoms with van der Waals surface area (Å²) in [4.78, 5) is 15.8. The number of ketones is 1. The molecule has 0 radical (unpaired) electrons. The van der Waals surface area contributed by atoms with E-state index < -0.39 is 0 Å². The standard InChI is InChI=1S/C11H16N2OS/c1-8-7-15-10(13-8)11(12-2)5-3-9(14)4-6-11/h7,12H,3-6H2,1-2H3. The fraction of sp³-hybridized carbons (Fsp3) is 0.636. The molecule has 0 saturated heterocycles. The van der Waals surface area contributed by atoms with E-state index in [9.17, 15) is 4.79 Å². The molecule has 1 N–H and O–H groups in total. The average molecular weight is 224 g/mol. The second-order valence-electron chi connectivity index (χ2n) is 4.16. The summed E-state index contributed by atoms with van der Waals surface area (Å²) < 4.78 is 0. The van der Waals surface area contributed by atoms with Crippen LogP contribution in [0.5, 0.6) is 0 Å². The SMILES string of the molecule is CNC1(c2nc(C)cs2)CCC(=O)CC1. The normalized spacial score (nSPS) is 20.5. The Bertz CT molecular complexity index is 362. The number of hydrogen-bond donors (Lipinski definition) is 1. The highest BCUT2D eigenvalue weighted by Gasteiger charge is 2.37. The van der Waals surface area contributed by atoms with Gasteiger partial charge in [-0.2, -0.15) is 0 Å². The molecule has 0 spiro atoms. The Hall–Kier alpha value is -0.740. The van der Waals surface area contributed by atoms with Crippen molar-refractivity contribution in [3.05, 3.63) is 16.1 Å². The van der Waals surface area contributed by atoms with Gasteiger partial charge in [0.25, 0.3) is 0 Å². The summed E-state index contributed by atoms with van der Waals surface area (Å²) >= 11 is 1.70. The van der Waals surface area contributed by atoms with Crippen LogP contribution in [0.1, 0.15) is 36.4 Å². The van der Waals surface area contributed by atoms with Gasteiger partial charge in [0.15, 0.2) is 0 Å². The fourth-order valence-electron chi connectivity index (χ4n) is 2.10. The number of Topliss-reactive ketones (excluding diaryl/α,β-unsaturated/α-hetero) is 1. The van der Waals surface area contributed by atoms with Crippen molar-refractivity contribution >= 4 is 17.1 Å². The molecule has 0 atom stereocenters. The van der Waals surface area contributed by atoms with Crippen LogP contribution in [0.15, 0.2) is 5.38 Å². The highest BCUT2D eigenvalue weighted by atomic mass is 32.1. The molecule has 1 aliphatic rings. The van der Waals surface area contributed by atoms with Crippen LogP contribution in [-0.2, 0) is 10.3 Å². The minimum absolute atomic E-state index is 0.0488. The van der Waals surface area contributed by atoms with Crippen LogP contribution in [0.25, 0.3) is 0 Å². The third kappa shape index (κ3) is 1.96. The molecular formula is C11H16N2OS. The lowest BCUT2D eigenvalue weighted by Crippen LogP contribution is -2.43. The average Bonchev–Trinajstić information content (AvgIpc) is 2.67. The number of aryl methyl sites for hydroxylation is 1. The lowest BCUT2D eigenvalue weighted by molar-refractivity contribution is -0.121. The molecule has 1 saturated carbocycles. The summed E-state index contributed by atoms with van der Waals surface area (Å²) in [6, 6.07) is 0. The Morgan fingerprint density at radius 3 is 2.60 bits per heavy atom. The van der Waals surface area contributed by atoms with Crippen LogP contribution < -0.4 is 5.32 Å². The van der Waals surface area contributed by atoms with Gasteiger partial charge in [-0.3, -0.25) is 4.79 Å². The van der Waals surface area contributed by atoms with Crippen LogP contribution in [0, 0.1) is 6.92 Å². The van der Waals surface area contributed by atoms with E-state index in [4.69, 9.17) is 0 Å². The maximum atomic E-state index is 11.3. The molecule has 0 aromatic carbocycles. The Kier molecular flexibility index (Phi) is 2.89. The van der Waals surface area contributed by atoms with Gasteiger partial charge >= 0.3 is 0 Å². The van der Waals surface area contributed by atoms with E-state index in [1.165, 1.54) is 0 Å². The zero-order chi connectivity index (χ0) is 10.9. The van der Waals surface area contributed by atoms with Crippen molar-refractivity contribution in [1.29, 1.82) is 0 Å². The number of hydrogen-bond acceptors (Lipinski definition) is 4. The highest BCUT2D eigenvalue weighted by molar-refractivity contribution is 7.09. The summed E-state index contributed by atoms with van der Waals surface area (Å²) in [6.07, 6.45) is 3.13. The smallest absolute Gasteiger partial charge is 0.133 e. The predicted molar refractivity (Wildman–Crippen MR) is 61.1 cm³/mol. The van der Waals surface area contributed by atoms with Crippen molar-refractivity contribution in [3.63, 3.8) is 0 Å². The van der Waals surface area contributed by atoms with Crippen LogP contribution in [-0.4, -0.2) is 17.8 Å². The fourth-order valence-corrected chi connectivity index (χ4v) is 3.16. The minimum atomic E-state index is -0.0488. The first kappa shape index (κ1) is 10.8. The molecule has 2 rings (SSSR count). The number of carbonyl (C=O) groups excluding carboxylic acids is 1. The lowest BCUT2D eigenvalue weighted by Gasteiger charge is -2.34. The second kappa shape index (κ2) is 4.02. The van der Waals surface area contributed by atoms with Crippen molar-refractivity contribution < 1.29 is 4.79 Å². The molecule has 1 aromatic heterocycles. The van der Waals surface area contributed by atoms with Crippen molar-refractivity contribution in [2.24, 2.45) is 0 Å². The van der Waals surface area contributed by atoms with E-state index in [0.717, 1.165) is 23.5 Å². The molecule has 1 aromatic rings. The first-order valence-corrected chi connectivity index (χ1v) is 6.17. The van der Waals surface area contributed by atoms with E-state index in [1.54, 1.807) is 11.3 Å². The predicted octanol–water partition coefficient (Wildman–Crippen LogP) is 2.01. The molecule has 4 heteroatoms. The molecule has 1 aliphatic carbocycles. The molecule has 0 amide bonds. The van der Waals surface area contributed by atoms with E-state index in [-0.39, 0.29) is 5.54 Å². The number of nitrogens with zero attached hydrogens (tertiary/aromatic N) is 1. The number of aromatic nitrogens is 1. The molecule has 15 heavy (non-hydrogen) atoms. The van der Waals surface area contributed by atoms with Gasteiger partial charge in [-0.05, 0) is 26.8 Å². The largest absolute Gasteiger partial charge is 0.308 e. The second-order valence-corrected chi connectivity index (χ2v) is 5.02. The van der Waals surface area contributed by atoms with Crippen molar-refractivity contribution in [3.8, 4) is 0 Å². The van der Waals surface area contributed by atoms with Gasteiger partial charge in [0, 0.05) is 23.9 Å². The summed E-state index contributed by atoms with van der Waals surface area (Å²) in [6.45, 7) is 2.01. The lowest BCUT2D eigenvalue weighted by atomic mass is 9.81. The van der Waals surface area contributed by atoms with Gasteiger partial charge in [-0.1, -0.05) is 0 Å². The number of rotatable bonds is 2. The molecule has 0 bridgehead atoms. The third-order valence-electron chi connectivity index (χ3n) is 3.17. The zero-order valence-corrected chi connectivity index (χ0v) is 9.99. The molecule has 1 heterocycles. The molecule has 0 aliphatic heterocycles. The topological polar surface area (TPSA) is 42.0 Å². The maximum Gasteiger partial charge on any atom is 0.133 e. The van der Waals surface area contributed by atoms with Gasteiger partial charge < -0.3 is 5.32 Å². The monoisotopic (exact) mass is 224 g/mol. The minimum Gasteiger partial charge on any atom is -0.308 e. The third-order valence-corrected chi connectivity index (χ3v) is 4.33. The first-order valence-electron chi connectivity index (χ1n) is 5.29. The maximum absolute atomic E-state index is 11.3. The first-order chi connectivity index (χ1) is 7.16. The van der Waals surface area contributed by atoms with Crippen molar-refractivity contribution in [2.75, 3.05) is 7.05 Å². The van der Waals surface area contributed by atoms with E-state index in [1.807, 2.05) is 14.0 Å². The zero-order valence-electron chi connectivity index (χ0n) is 9.17. The summed E-state index contributed by atoms with van der Waals surface area (Å²) in [5.74, 6) is 0.383. The van der Waals surface area contributed by atoms with Crippen LogP contribution in [0.2, 0.25) is 0 Å². The number of carbonyl (C=O) groups is 1. The molecule has 3 nitrogen and oxygen atoms in total. The summed E-state index contributed by atoms with van der Waals surface area (Å²) in [5, 5.41) is 6.57. The Labute approximate surface area is 93.9 Å². The van der Waals surface area contributed by atoms with Gasteiger partial charge in [0.1, 0.15) is 10.8 Å². The molecular weight excluding hydrogens is 208 g/mol. The van der Waals surface area contributed by atoms with E-state index in [2.05, 4.69) is 15.7 Å².